The van der Waals surface area contributed by atoms with Gasteiger partial charge in [-0.2, -0.15) is 0 Å². The standard InChI is InChI=1S/C18H20N2O2/c1-2-20-16(10-11-17(20)21)18(22)19-12-14-8-5-7-13-6-3-4-9-15(13)14/h3-9,16H,2,10-12H2,1H3,(H,19,22)/t16-/m0/s1. The van der Waals surface area contributed by atoms with Crippen molar-refractivity contribution in [3.8, 4) is 0 Å². The highest BCUT2D eigenvalue weighted by atomic mass is 16.2. The summed E-state index contributed by atoms with van der Waals surface area (Å²) in [6, 6.07) is 13.9. The van der Waals surface area contributed by atoms with Gasteiger partial charge in [-0.1, -0.05) is 42.5 Å². The molecule has 1 fully saturated rings. The summed E-state index contributed by atoms with van der Waals surface area (Å²) < 4.78 is 0. The number of carbonyl (C=O) groups is 2. The van der Waals surface area contributed by atoms with Crippen LogP contribution in [-0.2, 0) is 16.1 Å². The number of rotatable bonds is 4. The monoisotopic (exact) mass is 296 g/mol. The molecule has 0 aromatic heterocycles. The zero-order valence-electron chi connectivity index (χ0n) is 12.7. The summed E-state index contributed by atoms with van der Waals surface area (Å²) in [6.45, 7) is 2.99. The largest absolute Gasteiger partial charge is 0.350 e. The van der Waals surface area contributed by atoms with Crippen LogP contribution in [0.5, 0.6) is 0 Å². The van der Waals surface area contributed by atoms with E-state index in [0.29, 0.717) is 25.9 Å². The second-order valence-electron chi connectivity index (χ2n) is 5.59. The third-order valence-electron chi connectivity index (χ3n) is 4.30. The van der Waals surface area contributed by atoms with Crippen LogP contribution in [0.3, 0.4) is 0 Å². The smallest absolute Gasteiger partial charge is 0.243 e. The van der Waals surface area contributed by atoms with Crippen molar-refractivity contribution in [1.29, 1.82) is 0 Å². The molecular formula is C18H20N2O2. The first-order valence-corrected chi connectivity index (χ1v) is 7.74. The lowest BCUT2D eigenvalue weighted by atomic mass is 10.0. The number of hydrogen-bond acceptors (Lipinski definition) is 2. The van der Waals surface area contributed by atoms with Crippen molar-refractivity contribution < 1.29 is 9.59 Å². The van der Waals surface area contributed by atoms with Crippen LogP contribution in [0.15, 0.2) is 42.5 Å². The van der Waals surface area contributed by atoms with Gasteiger partial charge in [-0.15, -0.1) is 0 Å². The summed E-state index contributed by atoms with van der Waals surface area (Å²) in [4.78, 5) is 25.7. The molecule has 22 heavy (non-hydrogen) atoms. The third kappa shape index (κ3) is 2.69. The number of fused-ring (bicyclic) bond motifs is 1. The molecule has 0 aliphatic carbocycles. The van der Waals surface area contributed by atoms with Crippen molar-refractivity contribution in [1.82, 2.24) is 10.2 Å². The first-order valence-electron chi connectivity index (χ1n) is 7.74. The van der Waals surface area contributed by atoms with Crippen LogP contribution in [0, 0.1) is 0 Å². The molecule has 2 amide bonds. The Hall–Kier alpha value is -2.36. The Bertz CT molecular complexity index is 706. The second kappa shape index (κ2) is 6.18. The average Bonchev–Trinajstić information content (AvgIpc) is 2.93. The summed E-state index contributed by atoms with van der Waals surface area (Å²) in [5, 5.41) is 5.31. The maximum absolute atomic E-state index is 12.4. The number of benzene rings is 2. The molecule has 2 aromatic carbocycles. The molecular weight excluding hydrogens is 276 g/mol. The minimum Gasteiger partial charge on any atom is -0.350 e. The highest BCUT2D eigenvalue weighted by Gasteiger charge is 2.34. The Morgan fingerprint density at radius 2 is 2.00 bits per heavy atom. The SMILES string of the molecule is CCN1C(=O)CC[C@H]1C(=O)NCc1cccc2ccccc12. The summed E-state index contributed by atoms with van der Waals surface area (Å²) in [6.07, 6.45) is 1.09. The number of nitrogens with one attached hydrogen (secondary N) is 1. The van der Waals surface area contributed by atoms with E-state index in [0.717, 1.165) is 10.9 Å². The number of carbonyl (C=O) groups excluding carboxylic acids is 2. The Balaban J connectivity index is 1.72. The minimum absolute atomic E-state index is 0.0550. The fourth-order valence-corrected chi connectivity index (χ4v) is 3.15. The Morgan fingerprint density at radius 1 is 1.23 bits per heavy atom. The maximum Gasteiger partial charge on any atom is 0.243 e. The minimum atomic E-state index is -0.313. The van der Waals surface area contributed by atoms with Gasteiger partial charge in [0.1, 0.15) is 6.04 Å². The fraction of sp³-hybridized carbons (Fsp3) is 0.333. The van der Waals surface area contributed by atoms with Crippen molar-refractivity contribution in [3.05, 3.63) is 48.0 Å². The number of likely N-dealkylation sites (tertiary alicyclic amines) is 1. The lowest BCUT2D eigenvalue weighted by molar-refractivity contribution is -0.135. The number of hydrogen-bond donors (Lipinski definition) is 1. The van der Waals surface area contributed by atoms with E-state index in [1.54, 1.807) is 4.90 Å². The maximum atomic E-state index is 12.4. The van der Waals surface area contributed by atoms with Crippen molar-refractivity contribution in [2.45, 2.75) is 32.4 Å². The molecule has 3 rings (SSSR count). The van der Waals surface area contributed by atoms with Crippen LogP contribution in [0.1, 0.15) is 25.3 Å². The predicted octanol–water partition coefficient (Wildman–Crippen LogP) is 2.47. The van der Waals surface area contributed by atoms with Gasteiger partial charge in [-0.3, -0.25) is 9.59 Å². The molecule has 1 heterocycles. The van der Waals surface area contributed by atoms with Crippen LogP contribution in [0.2, 0.25) is 0 Å². The van der Waals surface area contributed by atoms with E-state index in [-0.39, 0.29) is 17.9 Å². The molecule has 0 unspecified atom stereocenters. The predicted molar refractivity (Wildman–Crippen MR) is 86.2 cm³/mol. The van der Waals surface area contributed by atoms with Crippen LogP contribution in [-0.4, -0.2) is 29.3 Å². The van der Waals surface area contributed by atoms with Gasteiger partial charge in [-0.25, -0.2) is 0 Å². The highest BCUT2D eigenvalue weighted by molar-refractivity contribution is 5.91. The zero-order chi connectivity index (χ0) is 15.5. The molecule has 1 aliphatic rings. The second-order valence-corrected chi connectivity index (χ2v) is 5.59. The zero-order valence-corrected chi connectivity index (χ0v) is 12.7. The lowest BCUT2D eigenvalue weighted by Gasteiger charge is -2.22. The topological polar surface area (TPSA) is 49.4 Å². The van der Waals surface area contributed by atoms with Gasteiger partial charge in [0.2, 0.25) is 11.8 Å². The Kier molecular flexibility index (Phi) is 4.09. The normalized spacial score (nSPS) is 18.0. The average molecular weight is 296 g/mol. The molecule has 0 saturated carbocycles. The summed E-state index contributed by atoms with van der Waals surface area (Å²) in [5.41, 5.74) is 1.10. The molecule has 1 atom stereocenters. The highest BCUT2D eigenvalue weighted by Crippen LogP contribution is 2.20. The van der Waals surface area contributed by atoms with E-state index in [1.165, 1.54) is 5.39 Å². The quantitative estimate of drug-likeness (QED) is 0.942. The van der Waals surface area contributed by atoms with Gasteiger partial charge in [0.05, 0.1) is 0 Å². The van der Waals surface area contributed by atoms with Gasteiger partial charge in [0.25, 0.3) is 0 Å². The Morgan fingerprint density at radius 3 is 2.82 bits per heavy atom. The van der Waals surface area contributed by atoms with E-state index < -0.39 is 0 Å². The molecule has 4 heteroatoms. The molecule has 0 radical (unpaired) electrons. The lowest BCUT2D eigenvalue weighted by Crippen LogP contribution is -2.44. The third-order valence-corrected chi connectivity index (χ3v) is 4.30. The molecule has 2 aromatic rings. The van der Waals surface area contributed by atoms with Crippen molar-refractivity contribution in [2.24, 2.45) is 0 Å². The fourth-order valence-electron chi connectivity index (χ4n) is 3.15. The van der Waals surface area contributed by atoms with Crippen molar-refractivity contribution in [3.63, 3.8) is 0 Å². The molecule has 4 nitrogen and oxygen atoms in total. The number of nitrogens with zero attached hydrogens (tertiary/aromatic N) is 1. The van der Waals surface area contributed by atoms with Gasteiger partial charge in [0, 0.05) is 19.5 Å². The van der Waals surface area contributed by atoms with Gasteiger partial charge in [0.15, 0.2) is 0 Å². The molecule has 114 valence electrons. The molecule has 1 N–H and O–H groups in total. The van der Waals surface area contributed by atoms with E-state index in [4.69, 9.17) is 0 Å². The van der Waals surface area contributed by atoms with E-state index in [2.05, 4.69) is 23.5 Å². The molecule has 0 spiro atoms. The molecule has 1 aliphatic heterocycles. The van der Waals surface area contributed by atoms with Gasteiger partial charge >= 0.3 is 0 Å². The van der Waals surface area contributed by atoms with E-state index in [1.807, 2.05) is 31.2 Å². The van der Waals surface area contributed by atoms with Gasteiger partial charge < -0.3 is 10.2 Å². The molecule has 0 bridgehead atoms. The first-order chi connectivity index (χ1) is 10.7. The van der Waals surface area contributed by atoms with Crippen LogP contribution >= 0.6 is 0 Å². The van der Waals surface area contributed by atoms with Crippen molar-refractivity contribution in [2.75, 3.05) is 6.54 Å². The van der Waals surface area contributed by atoms with Crippen LogP contribution in [0.25, 0.3) is 10.8 Å². The van der Waals surface area contributed by atoms with Crippen molar-refractivity contribution >= 4 is 22.6 Å². The Labute approximate surface area is 130 Å². The van der Waals surface area contributed by atoms with Crippen LogP contribution < -0.4 is 5.32 Å². The summed E-state index contributed by atoms with van der Waals surface area (Å²) in [7, 11) is 0. The van der Waals surface area contributed by atoms with Gasteiger partial charge in [-0.05, 0) is 29.7 Å². The van der Waals surface area contributed by atoms with E-state index >= 15 is 0 Å². The number of amides is 2. The summed E-state index contributed by atoms with van der Waals surface area (Å²) >= 11 is 0. The summed E-state index contributed by atoms with van der Waals surface area (Å²) in [5.74, 6) is 0.0217. The van der Waals surface area contributed by atoms with Crippen LogP contribution in [0.4, 0.5) is 0 Å². The van der Waals surface area contributed by atoms with E-state index in [9.17, 15) is 9.59 Å². The number of likely N-dealkylation sites (N-methyl/N-ethyl adjacent to an activating group) is 1. The molecule has 1 saturated heterocycles. The first kappa shape index (κ1) is 14.6.